The lowest BCUT2D eigenvalue weighted by Gasteiger charge is -2.27. The number of carbonyl (C=O) groups excluding carboxylic acids is 1. The van der Waals surface area contributed by atoms with Gasteiger partial charge in [0.15, 0.2) is 0 Å². The Bertz CT molecular complexity index is 546. The maximum Gasteiger partial charge on any atom is 0.235 e. The summed E-state index contributed by atoms with van der Waals surface area (Å²) in [5.41, 5.74) is -0.685. The number of hydrogen-bond acceptors (Lipinski definition) is 4. The Kier molecular flexibility index (Phi) is 4.01. The summed E-state index contributed by atoms with van der Waals surface area (Å²) in [4.78, 5) is 15.9. The summed E-state index contributed by atoms with van der Waals surface area (Å²) in [5.74, 6) is 0.313. The van der Waals surface area contributed by atoms with Gasteiger partial charge in [-0.15, -0.1) is 11.3 Å². The first-order valence-electron chi connectivity index (χ1n) is 7.62. The monoisotopic (exact) mass is 303 g/mol. The number of amides is 1. The molecule has 5 heteroatoms. The Morgan fingerprint density at radius 2 is 2.38 bits per heavy atom. The van der Waals surface area contributed by atoms with E-state index in [-0.39, 0.29) is 5.91 Å². The molecule has 0 spiro atoms. The molecule has 1 aliphatic carbocycles. The van der Waals surface area contributed by atoms with Gasteiger partial charge in [-0.1, -0.05) is 6.07 Å². The van der Waals surface area contributed by atoms with Gasteiger partial charge in [0.2, 0.25) is 5.91 Å². The standard InChI is InChI=1S/C16H21N3OS/c1-16(11-17,12-6-7-12)18-15(20)10-19-8-2-4-13(19)14-5-3-9-21-14/h3,5,9,12-13H,2,4,6-8,10H2,1H3,(H,18,20)/t13-,16-/m0/s1. The van der Waals surface area contributed by atoms with Crippen LogP contribution in [0.4, 0.5) is 0 Å². The van der Waals surface area contributed by atoms with Gasteiger partial charge in [-0.3, -0.25) is 9.69 Å². The molecule has 2 atom stereocenters. The molecule has 3 rings (SSSR count). The fourth-order valence-corrected chi connectivity index (χ4v) is 4.11. The first-order valence-corrected chi connectivity index (χ1v) is 8.50. The third kappa shape index (κ3) is 3.12. The van der Waals surface area contributed by atoms with E-state index in [0.717, 1.165) is 32.2 Å². The van der Waals surface area contributed by atoms with Crippen LogP contribution < -0.4 is 5.32 Å². The number of thiophene rings is 1. The molecule has 2 fully saturated rings. The average Bonchev–Trinajstić information content (AvgIpc) is 3.01. The predicted octanol–water partition coefficient (Wildman–Crippen LogP) is 2.69. The SMILES string of the molecule is C[C@@](C#N)(NC(=O)CN1CCC[C@H]1c1cccs1)C1CC1. The van der Waals surface area contributed by atoms with Crippen molar-refractivity contribution in [3.05, 3.63) is 22.4 Å². The molecule has 1 aromatic rings. The zero-order chi connectivity index (χ0) is 14.9. The van der Waals surface area contributed by atoms with Crippen LogP contribution in [0.2, 0.25) is 0 Å². The topological polar surface area (TPSA) is 56.1 Å². The molecule has 0 aromatic carbocycles. The van der Waals surface area contributed by atoms with Crippen LogP contribution in [0.3, 0.4) is 0 Å². The van der Waals surface area contributed by atoms with Crippen LogP contribution >= 0.6 is 11.3 Å². The zero-order valence-corrected chi connectivity index (χ0v) is 13.2. The van der Waals surface area contributed by atoms with Crippen LogP contribution in [-0.2, 0) is 4.79 Å². The van der Waals surface area contributed by atoms with Crippen LogP contribution in [0.1, 0.15) is 43.5 Å². The van der Waals surface area contributed by atoms with Gasteiger partial charge in [0.05, 0.1) is 12.6 Å². The predicted molar refractivity (Wildman–Crippen MR) is 82.8 cm³/mol. The third-order valence-corrected chi connectivity index (χ3v) is 5.58. The Labute approximate surface area is 129 Å². The second kappa shape index (κ2) is 5.78. The molecule has 4 nitrogen and oxygen atoms in total. The highest BCUT2D eigenvalue weighted by Gasteiger charge is 2.43. The van der Waals surface area contributed by atoms with Crippen LogP contribution in [0.5, 0.6) is 0 Å². The average molecular weight is 303 g/mol. The van der Waals surface area contributed by atoms with E-state index in [0.29, 0.717) is 18.5 Å². The molecule has 1 saturated carbocycles. The summed E-state index contributed by atoms with van der Waals surface area (Å²) >= 11 is 1.76. The Morgan fingerprint density at radius 3 is 3.00 bits per heavy atom. The zero-order valence-electron chi connectivity index (χ0n) is 12.3. The van der Waals surface area contributed by atoms with Crippen molar-refractivity contribution in [1.29, 1.82) is 5.26 Å². The maximum atomic E-state index is 12.3. The summed E-state index contributed by atoms with van der Waals surface area (Å²) < 4.78 is 0. The lowest BCUT2D eigenvalue weighted by Crippen LogP contribution is -2.50. The Hall–Kier alpha value is -1.38. The Morgan fingerprint density at radius 1 is 1.57 bits per heavy atom. The van der Waals surface area contributed by atoms with E-state index < -0.39 is 5.54 Å². The summed E-state index contributed by atoms with van der Waals surface area (Å²) in [6.45, 7) is 3.21. The Balaban J connectivity index is 1.60. The van der Waals surface area contributed by atoms with E-state index in [9.17, 15) is 10.1 Å². The van der Waals surface area contributed by atoms with Gasteiger partial charge >= 0.3 is 0 Å². The van der Waals surface area contributed by atoms with Crippen molar-refractivity contribution < 1.29 is 4.79 Å². The number of carbonyl (C=O) groups is 1. The molecular formula is C16H21N3OS. The fraction of sp³-hybridized carbons (Fsp3) is 0.625. The van der Waals surface area contributed by atoms with Crippen molar-refractivity contribution in [2.75, 3.05) is 13.1 Å². The smallest absolute Gasteiger partial charge is 0.235 e. The van der Waals surface area contributed by atoms with Crippen molar-refractivity contribution in [1.82, 2.24) is 10.2 Å². The molecule has 1 aromatic heterocycles. The van der Waals surface area contributed by atoms with Gasteiger partial charge in [-0.25, -0.2) is 0 Å². The van der Waals surface area contributed by atoms with E-state index in [1.165, 1.54) is 4.88 Å². The van der Waals surface area contributed by atoms with E-state index in [4.69, 9.17) is 0 Å². The molecule has 2 heterocycles. The number of rotatable bonds is 5. The van der Waals surface area contributed by atoms with Gasteiger partial charge in [-0.2, -0.15) is 5.26 Å². The molecule has 1 aliphatic heterocycles. The molecule has 1 amide bonds. The van der Waals surface area contributed by atoms with E-state index in [1.54, 1.807) is 11.3 Å². The van der Waals surface area contributed by atoms with Gasteiger partial charge in [0.25, 0.3) is 0 Å². The minimum atomic E-state index is -0.685. The van der Waals surface area contributed by atoms with E-state index >= 15 is 0 Å². The second-order valence-corrected chi connectivity index (χ2v) is 7.26. The van der Waals surface area contributed by atoms with E-state index in [1.807, 2.05) is 6.92 Å². The van der Waals surface area contributed by atoms with Gasteiger partial charge in [0, 0.05) is 10.9 Å². The molecule has 0 radical (unpaired) electrons. The minimum Gasteiger partial charge on any atom is -0.337 e. The second-order valence-electron chi connectivity index (χ2n) is 6.28. The molecule has 21 heavy (non-hydrogen) atoms. The third-order valence-electron chi connectivity index (χ3n) is 4.61. The van der Waals surface area contributed by atoms with Crippen molar-refractivity contribution in [2.45, 2.75) is 44.2 Å². The number of likely N-dealkylation sites (tertiary alicyclic amines) is 1. The highest BCUT2D eigenvalue weighted by Crippen LogP contribution is 2.39. The van der Waals surface area contributed by atoms with Crippen LogP contribution in [-0.4, -0.2) is 29.4 Å². The normalized spacial score (nSPS) is 25.2. The summed E-state index contributed by atoms with van der Waals surface area (Å²) in [6, 6.07) is 6.87. The minimum absolute atomic E-state index is 0.0191. The molecule has 2 aliphatic rings. The van der Waals surface area contributed by atoms with Gasteiger partial charge < -0.3 is 5.32 Å². The van der Waals surface area contributed by atoms with Gasteiger partial charge in [-0.05, 0) is 56.5 Å². The van der Waals surface area contributed by atoms with Crippen molar-refractivity contribution >= 4 is 17.2 Å². The van der Waals surface area contributed by atoms with Crippen LogP contribution in [0, 0.1) is 17.2 Å². The first-order chi connectivity index (χ1) is 10.1. The van der Waals surface area contributed by atoms with Crippen molar-refractivity contribution in [2.24, 2.45) is 5.92 Å². The van der Waals surface area contributed by atoms with Crippen LogP contribution in [0.25, 0.3) is 0 Å². The molecule has 1 saturated heterocycles. The number of nitrogens with zero attached hydrogens (tertiary/aromatic N) is 2. The summed E-state index contributed by atoms with van der Waals surface area (Å²) in [5, 5.41) is 14.4. The molecular weight excluding hydrogens is 282 g/mol. The molecule has 0 unspecified atom stereocenters. The highest BCUT2D eigenvalue weighted by atomic mass is 32.1. The fourth-order valence-electron chi connectivity index (χ4n) is 3.21. The van der Waals surface area contributed by atoms with Crippen molar-refractivity contribution in [3.8, 4) is 6.07 Å². The van der Waals surface area contributed by atoms with Gasteiger partial charge in [0.1, 0.15) is 5.54 Å². The van der Waals surface area contributed by atoms with Crippen molar-refractivity contribution in [3.63, 3.8) is 0 Å². The number of nitrogens with one attached hydrogen (secondary N) is 1. The number of hydrogen-bond donors (Lipinski definition) is 1. The van der Waals surface area contributed by atoms with E-state index in [2.05, 4.69) is 33.8 Å². The molecule has 1 N–H and O–H groups in total. The molecule has 0 bridgehead atoms. The summed E-state index contributed by atoms with van der Waals surface area (Å²) in [6.07, 6.45) is 4.34. The quantitative estimate of drug-likeness (QED) is 0.910. The van der Waals surface area contributed by atoms with Crippen LogP contribution in [0.15, 0.2) is 17.5 Å². The lowest BCUT2D eigenvalue weighted by molar-refractivity contribution is -0.123. The number of nitriles is 1. The maximum absolute atomic E-state index is 12.3. The largest absolute Gasteiger partial charge is 0.337 e. The highest BCUT2D eigenvalue weighted by molar-refractivity contribution is 7.10. The lowest BCUT2D eigenvalue weighted by atomic mass is 9.98. The molecule has 112 valence electrons. The first kappa shape index (κ1) is 14.6. The summed E-state index contributed by atoms with van der Waals surface area (Å²) in [7, 11) is 0.